The van der Waals surface area contributed by atoms with Gasteiger partial charge in [0.25, 0.3) is 0 Å². The monoisotopic (exact) mass is 209 g/mol. The second-order valence-corrected chi connectivity index (χ2v) is 3.35. The van der Waals surface area contributed by atoms with Crippen LogP contribution in [0.2, 0.25) is 0 Å². The Labute approximate surface area is 89.8 Å². The Hall–Kier alpha value is -1.35. The number of nitrogens with one attached hydrogen (secondary N) is 1. The number of hydrogen-bond donors (Lipinski definition) is 1. The number of benzene rings is 1. The van der Waals surface area contributed by atoms with E-state index in [4.69, 9.17) is 4.74 Å². The Balaban J connectivity index is 2.78. The van der Waals surface area contributed by atoms with Crippen LogP contribution in [0.5, 0.6) is 5.75 Å². The van der Waals surface area contributed by atoms with Crippen LogP contribution in [0.25, 0.3) is 0 Å². The molecule has 82 valence electrons. The first-order chi connectivity index (χ1) is 7.17. The topological polar surface area (TPSA) is 21.3 Å². The van der Waals surface area contributed by atoms with Crippen LogP contribution in [0.1, 0.15) is 12.5 Å². The molecule has 2 nitrogen and oxygen atoms in total. The van der Waals surface area contributed by atoms with E-state index in [0.717, 1.165) is 5.56 Å². The summed E-state index contributed by atoms with van der Waals surface area (Å²) in [6, 6.07) is 4.95. The first-order valence-electron chi connectivity index (χ1n) is 4.89. The Morgan fingerprint density at radius 2 is 2.33 bits per heavy atom. The molecule has 0 saturated heterocycles. The van der Waals surface area contributed by atoms with Gasteiger partial charge in [0.2, 0.25) is 0 Å². The molecule has 1 atom stereocenters. The third kappa shape index (κ3) is 3.36. The van der Waals surface area contributed by atoms with Gasteiger partial charge in [0.1, 0.15) is 6.10 Å². The molecule has 0 amide bonds. The average Bonchev–Trinajstić information content (AvgIpc) is 2.22. The van der Waals surface area contributed by atoms with E-state index in [2.05, 4.69) is 11.9 Å². The van der Waals surface area contributed by atoms with Gasteiger partial charge in [-0.05, 0) is 31.7 Å². The van der Waals surface area contributed by atoms with Gasteiger partial charge < -0.3 is 10.1 Å². The highest BCUT2D eigenvalue weighted by molar-refractivity contribution is 5.29. The van der Waals surface area contributed by atoms with Crippen molar-refractivity contribution in [2.45, 2.75) is 19.6 Å². The van der Waals surface area contributed by atoms with E-state index < -0.39 is 0 Å². The molecule has 3 heteroatoms. The fourth-order valence-corrected chi connectivity index (χ4v) is 1.20. The van der Waals surface area contributed by atoms with Gasteiger partial charge in [0.15, 0.2) is 11.6 Å². The lowest BCUT2D eigenvalue weighted by Gasteiger charge is -2.11. The van der Waals surface area contributed by atoms with Crippen LogP contribution in [0.3, 0.4) is 0 Å². The van der Waals surface area contributed by atoms with Crippen LogP contribution < -0.4 is 10.1 Å². The zero-order valence-electron chi connectivity index (χ0n) is 9.09. The second-order valence-electron chi connectivity index (χ2n) is 3.35. The maximum absolute atomic E-state index is 13.5. The third-order valence-corrected chi connectivity index (χ3v) is 2.02. The third-order valence-electron chi connectivity index (χ3n) is 2.02. The quantitative estimate of drug-likeness (QED) is 0.752. The Kier molecular flexibility index (Phi) is 4.31. The smallest absolute Gasteiger partial charge is 0.165 e. The van der Waals surface area contributed by atoms with Crippen LogP contribution in [0.4, 0.5) is 4.39 Å². The Bertz CT molecular complexity index is 338. The minimum atomic E-state index is -0.337. The van der Waals surface area contributed by atoms with Crippen molar-refractivity contribution >= 4 is 0 Å². The van der Waals surface area contributed by atoms with Gasteiger partial charge in [0, 0.05) is 6.54 Å². The van der Waals surface area contributed by atoms with E-state index in [0.29, 0.717) is 6.54 Å². The molecule has 0 radical (unpaired) electrons. The predicted octanol–water partition coefficient (Wildman–Crippen LogP) is 2.50. The molecule has 1 rings (SSSR count). The van der Waals surface area contributed by atoms with Crippen molar-refractivity contribution < 1.29 is 9.13 Å². The zero-order valence-corrected chi connectivity index (χ0v) is 9.09. The standard InChI is InChI=1S/C12H16FNO/c1-4-9(2)15-12-6-5-10(8-14-3)7-11(12)13/h4-7,9,14H,1,8H2,2-3H3. The lowest BCUT2D eigenvalue weighted by molar-refractivity contribution is 0.257. The first-order valence-corrected chi connectivity index (χ1v) is 4.89. The zero-order chi connectivity index (χ0) is 11.3. The predicted molar refractivity (Wildman–Crippen MR) is 59.5 cm³/mol. The summed E-state index contributed by atoms with van der Waals surface area (Å²) in [5.74, 6) is -0.0706. The lowest BCUT2D eigenvalue weighted by Crippen LogP contribution is -2.09. The number of ether oxygens (including phenoxy) is 1. The Morgan fingerprint density at radius 3 is 2.87 bits per heavy atom. The van der Waals surface area contributed by atoms with Crippen LogP contribution in [0, 0.1) is 5.82 Å². The molecule has 15 heavy (non-hydrogen) atoms. The van der Waals surface area contributed by atoms with Gasteiger partial charge in [-0.3, -0.25) is 0 Å². The molecule has 0 saturated carbocycles. The van der Waals surface area contributed by atoms with Crippen LogP contribution >= 0.6 is 0 Å². The molecule has 1 aromatic carbocycles. The van der Waals surface area contributed by atoms with Crippen LogP contribution in [-0.4, -0.2) is 13.2 Å². The molecule has 0 aromatic heterocycles. The molecule has 0 heterocycles. The molecule has 1 N–H and O–H groups in total. The van der Waals surface area contributed by atoms with Crippen molar-refractivity contribution in [2.75, 3.05) is 7.05 Å². The minimum absolute atomic E-state index is 0.186. The summed E-state index contributed by atoms with van der Waals surface area (Å²) < 4.78 is 18.8. The minimum Gasteiger partial charge on any atom is -0.484 e. The summed E-state index contributed by atoms with van der Waals surface area (Å²) in [6.45, 7) is 6.04. The molecule has 0 spiro atoms. The van der Waals surface area contributed by atoms with Gasteiger partial charge >= 0.3 is 0 Å². The van der Waals surface area contributed by atoms with E-state index in [1.54, 1.807) is 12.1 Å². The number of rotatable bonds is 5. The molecule has 0 bridgehead atoms. The average molecular weight is 209 g/mol. The summed E-state index contributed by atoms with van der Waals surface area (Å²) in [5, 5.41) is 2.96. The fourth-order valence-electron chi connectivity index (χ4n) is 1.20. The normalized spacial score (nSPS) is 12.2. The van der Waals surface area contributed by atoms with Crippen molar-refractivity contribution in [1.29, 1.82) is 0 Å². The highest BCUT2D eigenvalue weighted by Gasteiger charge is 2.06. The van der Waals surface area contributed by atoms with Crippen molar-refractivity contribution in [3.05, 3.63) is 42.2 Å². The second kappa shape index (κ2) is 5.51. The van der Waals surface area contributed by atoms with Gasteiger partial charge in [-0.2, -0.15) is 0 Å². The SMILES string of the molecule is C=CC(C)Oc1ccc(CNC)cc1F. The fraction of sp³-hybridized carbons (Fsp3) is 0.333. The van der Waals surface area contributed by atoms with E-state index in [9.17, 15) is 4.39 Å². The summed E-state index contributed by atoms with van der Waals surface area (Å²) >= 11 is 0. The summed E-state index contributed by atoms with van der Waals surface area (Å²) in [6.07, 6.45) is 1.44. The highest BCUT2D eigenvalue weighted by atomic mass is 19.1. The molecule has 1 aromatic rings. The summed E-state index contributed by atoms with van der Waals surface area (Å²) in [4.78, 5) is 0. The highest BCUT2D eigenvalue weighted by Crippen LogP contribution is 2.19. The van der Waals surface area contributed by atoms with Crippen molar-refractivity contribution in [3.8, 4) is 5.75 Å². The Morgan fingerprint density at radius 1 is 1.60 bits per heavy atom. The molecule has 1 unspecified atom stereocenters. The van der Waals surface area contributed by atoms with Gasteiger partial charge in [-0.25, -0.2) is 4.39 Å². The van der Waals surface area contributed by atoms with Gasteiger partial charge in [-0.15, -0.1) is 0 Å². The molecule has 0 aliphatic carbocycles. The first kappa shape index (κ1) is 11.7. The van der Waals surface area contributed by atoms with Gasteiger partial charge in [0.05, 0.1) is 0 Å². The van der Waals surface area contributed by atoms with Crippen molar-refractivity contribution in [2.24, 2.45) is 0 Å². The molecule has 0 aliphatic heterocycles. The van der Waals surface area contributed by atoms with E-state index in [-0.39, 0.29) is 17.7 Å². The number of hydrogen-bond acceptors (Lipinski definition) is 2. The van der Waals surface area contributed by atoms with Crippen molar-refractivity contribution in [1.82, 2.24) is 5.32 Å². The molecular formula is C12H16FNO. The maximum atomic E-state index is 13.5. The van der Waals surface area contributed by atoms with E-state index in [1.807, 2.05) is 20.0 Å². The molecule has 0 aliphatic rings. The molecule has 0 fully saturated rings. The van der Waals surface area contributed by atoms with E-state index in [1.165, 1.54) is 6.07 Å². The largest absolute Gasteiger partial charge is 0.484 e. The number of halogens is 1. The van der Waals surface area contributed by atoms with Gasteiger partial charge in [-0.1, -0.05) is 18.7 Å². The van der Waals surface area contributed by atoms with Crippen LogP contribution in [-0.2, 0) is 6.54 Å². The molecular weight excluding hydrogens is 193 g/mol. The summed E-state index contributed by atoms with van der Waals surface area (Å²) in [7, 11) is 1.82. The van der Waals surface area contributed by atoms with Crippen molar-refractivity contribution in [3.63, 3.8) is 0 Å². The van der Waals surface area contributed by atoms with Crippen LogP contribution in [0.15, 0.2) is 30.9 Å². The summed E-state index contributed by atoms with van der Waals surface area (Å²) in [5.41, 5.74) is 0.897. The van der Waals surface area contributed by atoms with E-state index >= 15 is 0 Å². The maximum Gasteiger partial charge on any atom is 0.165 e. The lowest BCUT2D eigenvalue weighted by atomic mass is 10.2.